The number of hydrogen-bond donors (Lipinski definition) is 3. The fourth-order valence-electron chi connectivity index (χ4n) is 2.18. The van der Waals surface area contributed by atoms with Crippen LogP contribution in [-0.2, 0) is 4.79 Å². The smallest absolute Gasteiger partial charge is 0.303 e. The molecule has 1 heterocycles. The summed E-state index contributed by atoms with van der Waals surface area (Å²) in [6, 6.07) is 1.30. The van der Waals surface area contributed by atoms with E-state index in [0.717, 1.165) is 0 Å². The lowest BCUT2D eigenvalue weighted by atomic mass is 9.88. The number of aromatic amines is 1. The van der Waals surface area contributed by atoms with Crippen LogP contribution in [0.5, 0.6) is 0 Å². The molecular weight excluding hydrogens is 272 g/mol. The van der Waals surface area contributed by atoms with Gasteiger partial charge in [-0.3, -0.25) is 14.4 Å². The van der Waals surface area contributed by atoms with Gasteiger partial charge in [0.15, 0.2) is 5.43 Å². The normalized spacial score (nSPS) is 12.1. The Labute approximate surface area is 123 Å². The maximum Gasteiger partial charge on any atom is 0.303 e. The van der Waals surface area contributed by atoms with Crippen molar-refractivity contribution in [3.63, 3.8) is 0 Å². The Hall–Kier alpha value is -2.11. The molecule has 0 aliphatic rings. The Morgan fingerprint density at radius 1 is 1.33 bits per heavy atom. The number of aliphatic carboxylic acids is 1. The molecule has 1 atom stereocenters. The molecule has 1 amide bonds. The maximum atomic E-state index is 11.9. The molecule has 0 radical (unpaired) electrons. The lowest BCUT2D eigenvalue weighted by Crippen LogP contribution is -2.30. The van der Waals surface area contributed by atoms with Crippen molar-refractivity contribution in [2.24, 2.45) is 11.8 Å². The van der Waals surface area contributed by atoms with Gasteiger partial charge in [-0.05, 0) is 24.7 Å². The molecule has 6 heteroatoms. The molecule has 6 nitrogen and oxygen atoms in total. The number of amides is 1. The van der Waals surface area contributed by atoms with Crippen LogP contribution in [0.2, 0.25) is 0 Å². The van der Waals surface area contributed by atoms with Crippen LogP contribution in [0, 0.1) is 11.8 Å². The van der Waals surface area contributed by atoms with Gasteiger partial charge in [0.1, 0.15) is 5.56 Å². The first-order chi connectivity index (χ1) is 9.91. The van der Waals surface area contributed by atoms with Gasteiger partial charge in [-0.1, -0.05) is 13.8 Å². The van der Waals surface area contributed by atoms with Crippen molar-refractivity contribution in [1.82, 2.24) is 10.3 Å². The first-order valence-electron chi connectivity index (χ1n) is 7.09. The molecule has 1 rings (SSSR count). The number of carbonyl (C=O) groups excluding carboxylic acids is 1. The van der Waals surface area contributed by atoms with Crippen LogP contribution in [0.1, 0.15) is 43.5 Å². The molecule has 0 fully saturated rings. The van der Waals surface area contributed by atoms with E-state index < -0.39 is 11.9 Å². The van der Waals surface area contributed by atoms with E-state index in [4.69, 9.17) is 5.11 Å². The maximum absolute atomic E-state index is 11.9. The molecule has 0 saturated heterocycles. The minimum absolute atomic E-state index is 0.0872. The average molecular weight is 294 g/mol. The summed E-state index contributed by atoms with van der Waals surface area (Å²) in [6.45, 7) is 4.50. The van der Waals surface area contributed by atoms with Crippen LogP contribution in [-0.4, -0.2) is 28.5 Å². The second kappa shape index (κ2) is 8.24. The number of carboxylic acid groups (broad SMARTS) is 1. The fraction of sp³-hybridized carbons (Fsp3) is 0.533. The molecule has 0 aromatic carbocycles. The van der Waals surface area contributed by atoms with Crippen LogP contribution < -0.4 is 10.7 Å². The van der Waals surface area contributed by atoms with E-state index >= 15 is 0 Å². The van der Waals surface area contributed by atoms with Gasteiger partial charge in [0.05, 0.1) is 0 Å². The van der Waals surface area contributed by atoms with Crippen molar-refractivity contribution in [2.45, 2.75) is 33.1 Å². The van der Waals surface area contributed by atoms with E-state index in [1.807, 2.05) is 13.8 Å². The molecule has 1 unspecified atom stereocenters. The summed E-state index contributed by atoms with van der Waals surface area (Å²) in [4.78, 5) is 36.7. The number of aromatic nitrogens is 1. The third-order valence-corrected chi connectivity index (χ3v) is 3.54. The molecular formula is C15H22N2O4. The van der Waals surface area contributed by atoms with Gasteiger partial charge in [-0.25, -0.2) is 0 Å². The molecule has 0 aliphatic carbocycles. The summed E-state index contributed by atoms with van der Waals surface area (Å²) in [7, 11) is 0. The van der Waals surface area contributed by atoms with Gasteiger partial charge in [0, 0.05) is 31.4 Å². The molecule has 116 valence electrons. The summed E-state index contributed by atoms with van der Waals surface area (Å²) < 4.78 is 0. The number of nitrogens with one attached hydrogen (secondary N) is 2. The van der Waals surface area contributed by atoms with E-state index in [0.29, 0.717) is 25.3 Å². The Morgan fingerprint density at radius 2 is 2.05 bits per heavy atom. The van der Waals surface area contributed by atoms with Crippen molar-refractivity contribution in [3.8, 4) is 0 Å². The molecule has 21 heavy (non-hydrogen) atoms. The third-order valence-electron chi connectivity index (χ3n) is 3.54. The molecule has 0 bridgehead atoms. The first-order valence-corrected chi connectivity index (χ1v) is 7.09. The van der Waals surface area contributed by atoms with E-state index in [1.54, 1.807) is 0 Å². The summed E-state index contributed by atoms with van der Waals surface area (Å²) in [5.41, 5.74) is -0.235. The highest BCUT2D eigenvalue weighted by atomic mass is 16.4. The second-order valence-electron chi connectivity index (χ2n) is 5.40. The monoisotopic (exact) mass is 294 g/mol. The Balaban J connectivity index is 2.47. The number of H-pyrrole nitrogens is 1. The van der Waals surface area contributed by atoms with E-state index in [-0.39, 0.29) is 23.3 Å². The number of carbonyl (C=O) groups is 2. The second-order valence-corrected chi connectivity index (χ2v) is 5.40. The first kappa shape index (κ1) is 16.9. The standard InChI is InChI=1S/C15H22N2O4/c1-10(2)11(3-4-14(19)20)5-8-17-15(21)12-9-16-7-6-13(12)18/h6-7,9-11H,3-5,8H2,1-2H3,(H,16,18)(H,17,21)(H,19,20). The molecule has 1 aromatic rings. The van der Waals surface area contributed by atoms with Crippen molar-refractivity contribution < 1.29 is 14.7 Å². The summed E-state index contributed by atoms with van der Waals surface area (Å²) in [6.07, 6.45) is 4.27. The van der Waals surface area contributed by atoms with Crippen molar-refractivity contribution >= 4 is 11.9 Å². The van der Waals surface area contributed by atoms with Crippen LogP contribution in [0.3, 0.4) is 0 Å². The minimum Gasteiger partial charge on any atom is -0.481 e. The lowest BCUT2D eigenvalue weighted by molar-refractivity contribution is -0.137. The highest BCUT2D eigenvalue weighted by molar-refractivity contribution is 5.93. The minimum atomic E-state index is -0.805. The zero-order valence-corrected chi connectivity index (χ0v) is 12.4. The summed E-state index contributed by atoms with van der Waals surface area (Å²) in [5, 5.41) is 11.4. The number of hydrogen-bond acceptors (Lipinski definition) is 3. The zero-order chi connectivity index (χ0) is 15.8. The van der Waals surface area contributed by atoms with Crippen LogP contribution in [0.4, 0.5) is 0 Å². The molecule has 1 aromatic heterocycles. The Morgan fingerprint density at radius 3 is 2.62 bits per heavy atom. The largest absolute Gasteiger partial charge is 0.481 e. The predicted octanol–water partition coefficient (Wildman–Crippen LogP) is 1.63. The number of pyridine rings is 1. The molecule has 0 aliphatic heterocycles. The highest BCUT2D eigenvalue weighted by Crippen LogP contribution is 2.20. The molecule has 0 spiro atoms. The van der Waals surface area contributed by atoms with Crippen molar-refractivity contribution in [3.05, 3.63) is 34.2 Å². The predicted molar refractivity (Wildman–Crippen MR) is 79.2 cm³/mol. The van der Waals surface area contributed by atoms with Crippen LogP contribution >= 0.6 is 0 Å². The SMILES string of the molecule is CC(C)C(CCNC(=O)c1c[nH]ccc1=O)CCC(=O)O. The quantitative estimate of drug-likeness (QED) is 0.678. The van der Waals surface area contributed by atoms with Gasteiger partial charge in [-0.2, -0.15) is 0 Å². The lowest BCUT2D eigenvalue weighted by Gasteiger charge is -2.20. The van der Waals surface area contributed by atoms with Gasteiger partial charge >= 0.3 is 5.97 Å². The van der Waals surface area contributed by atoms with Crippen molar-refractivity contribution in [1.29, 1.82) is 0 Å². The number of carboxylic acids is 1. The average Bonchev–Trinajstić information content (AvgIpc) is 2.42. The highest BCUT2D eigenvalue weighted by Gasteiger charge is 2.16. The topological polar surface area (TPSA) is 99.3 Å². The summed E-state index contributed by atoms with van der Waals surface area (Å²) >= 11 is 0. The van der Waals surface area contributed by atoms with Gasteiger partial charge in [0.25, 0.3) is 5.91 Å². The van der Waals surface area contributed by atoms with E-state index in [2.05, 4.69) is 10.3 Å². The Bertz CT molecular complexity index is 536. The zero-order valence-electron chi connectivity index (χ0n) is 12.4. The van der Waals surface area contributed by atoms with Gasteiger partial charge < -0.3 is 15.4 Å². The van der Waals surface area contributed by atoms with Crippen molar-refractivity contribution in [2.75, 3.05) is 6.54 Å². The third kappa shape index (κ3) is 5.81. The van der Waals surface area contributed by atoms with E-state index in [9.17, 15) is 14.4 Å². The van der Waals surface area contributed by atoms with Crippen LogP contribution in [0.15, 0.2) is 23.3 Å². The van der Waals surface area contributed by atoms with Gasteiger partial charge in [0.2, 0.25) is 0 Å². The fourth-order valence-corrected chi connectivity index (χ4v) is 2.18. The van der Waals surface area contributed by atoms with E-state index in [1.165, 1.54) is 18.5 Å². The van der Waals surface area contributed by atoms with Crippen LogP contribution in [0.25, 0.3) is 0 Å². The molecule has 0 saturated carbocycles. The molecule has 3 N–H and O–H groups in total. The number of rotatable bonds is 8. The van der Waals surface area contributed by atoms with Gasteiger partial charge in [-0.15, -0.1) is 0 Å². The Kier molecular flexibility index (Phi) is 6.65. The summed E-state index contributed by atoms with van der Waals surface area (Å²) in [5.74, 6) is -0.630.